The number of methoxy groups -OCH3 is 1. The number of ether oxygens (including phenoxy) is 1. The fourth-order valence-corrected chi connectivity index (χ4v) is 0.0921. The number of terminal acetylenes is 1. The molecule has 4 nitrogen and oxygen atoms in total. The Morgan fingerprint density at radius 1 is 1.75 bits per heavy atom. The van der Waals surface area contributed by atoms with Gasteiger partial charge in [-0.15, -0.1) is 0 Å². The van der Waals surface area contributed by atoms with Gasteiger partial charge >= 0.3 is 6.16 Å². The second kappa shape index (κ2) is 3.81. The lowest BCUT2D eigenvalue weighted by molar-refractivity contribution is -0.192. The van der Waals surface area contributed by atoms with Crippen molar-refractivity contribution in [1.29, 1.82) is 0 Å². The van der Waals surface area contributed by atoms with E-state index in [0.29, 0.717) is 0 Å². The first-order valence-electron chi connectivity index (χ1n) is 1.68. The van der Waals surface area contributed by atoms with Crippen LogP contribution in [0.15, 0.2) is 0 Å². The van der Waals surface area contributed by atoms with Crippen LogP contribution in [-0.2, 0) is 14.5 Å². The predicted molar refractivity (Wildman–Crippen MR) is 23.4 cm³/mol. The first kappa shape index (κ1) is 6.63. The van der Waals surface area contributed by atoms with Gasteiger partial charge in [0.2, 0.25) is 0 Å². The third kappa shape index (κ3) is 2.85. The smallest absolute Gasteiger partial charge is 0.435 e. The van der Waals surface area contributed by atoms with Crippen LogP contribution in [0.4, 0.5) is 4.79 Å². The van der Waals surface area contributed by atoms with Crippen molar-refractivity contribution >= 4 is 6.16 Å². The first-order valence-corrected chi connectivity index (χ1v) is 1.68. The van der Waals surface area contributed by atoms with E-state index in [9.17, 15) is 4.79 Å². The zero-order valence-electron chi connectivity index (χ0n) is 4.21. The van der Waals surface area contributed by atoms with Crippen molar-refractivity contribution in [3.8, 4) is 12.5 Å². The zero-order chi connectivity index (χ0) is 6.41. The Morgan fingerprint density at radius 2 is 2.38 bits per heavy atom. The first-order chi connectivity index (χ1) is 3.81. The number of carbonyl (C=O) groups excluding carboxylic acids is 1. The van der Waals surface area contributed by atoms with Crippen molar-refractivity contribution in [2.24, 2.45) is 0 Å². The van der Waals surface area contributed by atoms with Gasteiger partial charge in [0.05, 0.1) is 7.11 Å². The molecule has 0 aliphatic rings. The molecule has 0 saturated carbocycles. The van der Waals surface area contributed by atoms with E-state index >= 15 is 0 Å². The molecule has 4 heteroatoms. The van der Waals surface area contributed by atoms with E-state index in [4.69, 9.17) is 0 Å². The van der Waals surface area contributed by atoms with Crippen molar-refractivity contribution in [3.05, 3.63) is 0 Å². The lowest BCUT2D eigenvalue weighted by Gasteiger charge is -1.92. The molecule has 0 atom stereocenters. The molecule has 0 fully saturated rings. The van der Waals surface area contributed by atoms with Crippen molar-refractivity contribution in [2.45, 2.75) is 0 Å². The van der Waals surface area contributed by atoms with Gasteiger partial charge in [0.15, 0.2) is 6.11 Å². The molecule has 0 amide bonds. The van der Waals surface area contributed by atoms with Gasteiger partial charge in [-0.1, -0.05) is 6.42 Å². The summed E-state index contributed by atoms with van der Waals surface area (Å²) in [4.78, 5) is 17.4. The molecule has 0 aromatic rings. The van der Waals surface area contributed by atoms with E-state index in [1.165, 1.54) is 0 Å². The highest BCUT2D eigenvalue weighted by Gasteiger charge is 1.97. The largest absolute Gasteiger partial charge is 0.550 e. The summed E-state index contributed by atoms with van der Waals surface area (Å²) in [6, 6.07) is 0. The summed E-state index contributed by atoms with van der Waals surface area (Å²) in [7, 11) is 1.14. The minimum atomic E-state index is -0.969. The van der Waals surface area contributed by atoms with Crippen LogP contribution in [-0.4, -0.2) is 13.3 Å². The Labute approximate surface area is 46.3 Å². The van der Waals surface area contributed by atoms with Crippen LogP contribution in [0.3, 0.4) is 0 Å². The van der Waals surface area contributed by atoms with E-state index in [1.54, 1.807) is 6.11 Å². The number of rotatable bonds is 1. The van der Waals surface area contributed by atoms with E-state index in [-0.39, 0.29) is 0 Å². The van der Waals surface area contributed by atoms with E-state index in [0.717, 1.165) is 7.11 Å². The van der Waals surface area contributed by atoms with Crippen LogP contribution < -0.4 is 0 Å². The van der Waals surface area contributed by atoms with Gasteiger partial charge in [0, 0.05) is 0 Å². The van der Waals surface area contributed by atoms with Gasteiger partial charge in [-0.2, -0.15) is 9.68 Å². The van der Waals surface area contributed by atoms with E-state index in [2.05, 4.69) is 20.9 Å². The van der Waals surface area contributed by atoms with Gasteiger partial charge in [-0.25, -0.2) is 4.89 Å². The van der Waals surface area contributed by atoms with Gasteiger partial charge in [-0.3, -0.25) is 0 Å². The topological polar surface area (TPSA) is 44.8 Å². The fourth-order valence-electron chi connectivity index (χ4n) is 0.0921. The highest BCUT2D eigenvalue weighted by Crippen LogP contribution is 1.80. The van der Waals surface area contributed by atoms with Crippen LogP contribution in [0.5, 0.6) is 0 Å². The second-order valence-electron chi connectivity index (χ2n) is 0.739. The van der Waals surface area contributed by atoms with Crippen molar-refractivity contribution in [2.75, 3.05) is 7.11 Å². The molecular formula is C4H4O4. The molecule has 0 heterocycles. The maximum absolute atomic E-state index is 9.91. The summed E-state index contributed by atoms with van der Waals surface area (Å²) in [6.45, 7) is 0. The molecule has 0 rings (SSSR count). The van der Waals surface area contributed by atoms with Crippen LogP contribution in [0.25, 0.3) is 0 Å². The SMILES string of the molecule is C#COOC(=O)OC. The summed E-state index contributed by atoms with van der Waals surface area (Å²) in [5.41, 5.74) is 0. The van der Waals surface area contributed by atoms with Gasteiger partial charge < -0.3 is 4.74 Å². The Kier molecular flexibility index (Phi) is 3.16. The quantitative estimate of drug-likeness (QED) is 0.214. The molecule has 0 spiro atoms. The van der Waals surface area contributed by atoms with Gasteiger partial charge in [-0.05, 0) is 0 Å². The normalized spacial score (nSPS) is 6.50. The maximum Gasteiger partial charge on any atom is 0.550 e. The molecule has 0 unspecified atom stereocenters. The number of carbonyl (C=O) groups is 1. The molecule has 0 radical (unpaired) electrons. The minimum absolute atomic E-state index is 0.969. The molecule has 8 heavy (non-hydrogen) atoms. The monoisotopic (exact) mass is 116 g/mol. The highest BCUT2D eigenvalue weighted by atomic mass is 17.2. The molecule has 0 aromatic carbocycles. The standard InChI is InChI=1S/C4H4O4/c1-3-7-8-4(5)6-2/h1H,2H3. The van der Waals surface area contributed by atoms with Crippen molar-refractivity contribution < 1.29 is 19.3 Å². The lowest BCUT2D eigenvalue weighted by atomic mass is 11.3. The van der Waals surface area contributed by atoms with Crippen LogP contribution in [0.2, 0.25) is 0 Å². The molecular weight excluding hydrogens is 112 g/mol. The second-order valence-corrected chi connectivity index (χ2v) is 0.739. The van der Waals surface area contributed by atoms with Crippen molar-refractivity contribution in [1.82, 2.24) is 0 Å². The van der Waals surface area contributed by atoms with E-state index < -0.39 is 6.16 Å². The molecule has 0 aliphatic carbocycles. The Morgan fingerprint density at radius 3 is 2.75 bits per heavy atom. The Hall–Kier alpha value is -1.37. The van der Waals surface area contributed by atoms with E-state index in [1.807, 2.05) is 0 Å². The molecule has 44 valence electrons. The third-order valence-corrected chi connectivity index (χ3v) is 0.324. The summed E-state index contributed by atoms with van der Waals surface area (Å²) in [5, 5.41) is 0. The van der Waals surface area contributed by atoms with Crippen LogP contribution >= 0.6 is 0 Å². The molecule has 0 bridgehead atoms. The zero-order valence-corrected chi connectivity index (χ0v) is 4.21. The van der Waals surface area contributed by atoms with Crippen LogP contribution in [0, 0.1) is 12.5 Å². The van der Waals surface area contributed by atoms with Gasteiger partial charge in [0.1, 0.15) is 0 Å². The van der Waals surface area contributed by atoms with Gasteiger partial charge in [0.25, 0.3) is 0 Å². The Bertz CT molecular complexity index is 112. The minimum Gasteiger partial charge on any atom is -0.435 e. The molecule has 0 saturated heterocycles. The molecule has 0 N–H and O–H groups in total. The summed E-state index contributed by atoms with van der Waals surface area (Å²) in [5.74, 6) is 0. The number of hydrogen-bond donors (Lipinski definition) is 0. The molecule has 0 aromatic heterocycles. The highest BCUT2D eigenvalue weighted by molar-refractivity contribution is 5.58. The maximum atomic E-state index is 9.91. The molecule has 0 aliphatic heterocycles. The van der Waals surface area contributed by atoms with Crippen LogP contribution in [0.1, 0.15) is 0 Å². The summed E-state index contributed by atoms with van der Waals surface area (Å²) < 4.78 is 3.97. The summed E-state index contributed by atoms with van der Waals surface area (Å²) >= 11 is 0. The fraction of sp³-hybridized carbons (Fsp3) is 0.250. The predicted octanol–water partition coefficient (Wildman–Crippen LogP) is 0.292. The number of hydrogen-bond acceptors (Lipinski definition) is 4. The Balaban J connectivity index is 3.15. The lowest BCUT2D eigenvalue weighted by Crippen LogP contribution is -2.01. The average molecular weight is 116 g/mol. The summed E-state index contributed by atoms with van der Waals surface area (Å²) in [6.07, 6.45) is 5.17. The average Bonchev–Trinajstić information content (AvgIpc) is 1.83. The third-order valence-electron chi connectivity index (χ3n) is 0.324. The van der Waals surface area contributed by atoms with Crippen molar-refractivity contribution in [3.63, 3.8) is 0 Å².